The molecule has 0 saturated heterocycles. The lowest BCUT2D eigenvalue weighted by Crippen LogP contribution is -2.37. The molecule has 2 unspecified atom stereocenters. The summed E-state index contributed by atoms with van der Waals surface area (Å²) in [6, 6.07) is 4.82. The molecule has 1 aliphatic carbocycles. The summed E-state index contributed by atoms with van der Waals surface area (Å²) in [5.41, 5.74) is 11.8. The zero-order valence-electron chi connectivity index (χ0n) is 12.1. The number of hydrogen-bond acceptors (Lipinski definition) is 4. The SMILES string of the molecule is COC1CCCCC1Nc1cc(C(N)=O)cc(C(N)=O)c1. The largest absolute Gasteiger partial charge is 0.380 e. The van der Waals surface area contributed by atoms with Gasteiger partial charge in [-0.3, -0.25) is 9.59 Å². The number of nitrogens with one attached hydrogen (secondary N) is 1. The first kappa shape index (κ1) is 15.3. The lowest BCUT2D eigenvalue weighted by molar-refractivity contribution is 0.0606. The second-order valence-corrected chi connectivity index (χ2v) is 5.34. The number of methoxy groups -OCH3 is 1. The molecule has 1 aromatic rings. The van der Waals surface area contributed by atoms with Crippen LogP contribution in [0, 0.1) is 0 Å². The Morgan fingerprint density at radius 3 is 2.19 bits per heavy atom. The molecule has 21 heavy (non-hydrogen) atoms. The van der Waals surface area contributed by atoms with Crippen molar-refractivity contribution in [2.24, 2.45) is 11.5 Å². The highest BCUT2D eigenvalue weighted by Gasteiger charge is 2.25. The maximum absolute atomic E-state index is 11.4. The Balaban J connectivity index is 2.25. The van der Waals surface area contributed by atoms with Gasteiger partial charge in [-0.05, 0) is 31.0 Å². The molecule has 1 saturated carbocycles. The normalized spacial score (nSPS) is 21.8. The molecule has 1 aliphatic rings. The Bertz CT molecular complexity index is 513. The molecule has 2 atom stereocenters. The Kier molecular flexibility index (Phi) is 4.80. The van der Waals surface area contributed by atoms with E-state index < -0.39 is 11.8 Å². The van der Waals surface area contributed by atoms with E-state index in [9.17, 15) is 9.59 Å². The van der Waals surface area contributed by atoms with Gasteiger partial charge in [0.15, 0.2) is 0 Å². The molecule has 0 aliphatic heterocycles. The number of hydrogen-bond donors (Lipinski definition) is 3. The van der Waals surface area contributed by atoms with Crippen LogP contribution in [-0.2, 0) is 4.74 Å². The zero-order valence-corrected chi connectivity index (χ0v) is 12.1. The van der Waals surface area contributed by atoms with Gasteiger partial charge in [0.05, 0.1) is 12.1 Å². The fraction of sp³-hybridized carbons (Fsp3) is 0.467. The highest BCUT2D eigenvalue weighted by atomic mass is 16.5. The molecule has 6 nitrogen and oxygen atoms in total. The first-order valence-corrected chi connectivity index (χ1v) is 7.05. The standard InChI is InChI=1S/C15H21N3O3/c1-21-13-5-3-2-4-12(13)18-11-7-9(14(16)19)6-10(8-11)15(17)20/h6-8,12-13,18H,2-5H2,1H3,(H2,16,19)(H2,17,20). The minimum atomic E-state index is -0.590. The van der Waals surface area contributed by atoms with Crippen molar-refractivity contribution in [2.75, 3.05) is 12.4 Å². The van der Waals surface area contributed by atoms with Crippen LogP contribution in [0.3, 0.4) is 0 Å². The van der Waals surface area contributed by atoms with E-state index in [0.29, 0.717) is 5.69 Å². The fourth-order valence-electron chi connectivity index (χ4n) is 2.75. The van der Waals surface area contributed by atoms with Crippen molar-refractivity contribution in [3.63, 3.8) is 0 Å². The first-order chi connectivity index (χ1) is 10.0. The van der Waals surface area contributed by atoms with Gasteiger partial charge in [-0.25, -0.2) is 0 Å². The molecule has 1 fully saturated rings. The number of anilines is 1. The van der Waals surface area contributed by atoms with E-state index in [0.717, 1.165) is 25.7 Å². The summed E-state index contributed by atoms with van der Waals surface area (Å²) in [5, 5.41) is 3.33. The molecule has 0 aromatic heterocycles. The smallest absolute Gasteiger partial charge is 0.248 e. The second-order valence-electron chi connectivity index (χ2n) is 5.34. The monoisotopic (exact) mass is 291 g/mol. The summed E-state index contributed by atoms with van der Waals surface area (Å²) in [5.74, 6) is -1.18. The molecule has 0 heterocycles. The van der Waals surface area contributed by atoms with E-state index in [1.807, 2.05) is 0 Å². The third-order valence-electron chi connectivity index (χ3n) is 3.86. The number of benzene rings is 1. The van der Waals surface area contributed by atoms with Crippen molar-refractivity contribution < 1.29 is 14.3 Å². The van der Waals surface area contributed by atoms with Crippen molar-refractivity contribution >= 4 is 17.5 Å². The number of carbonyl (C=O) groups excluding carboxylic acids is 2. The molecule has 5 N–H and O–H groups in total. The summed E-state index contributed by atoms with van der Waals surface area (Å²) >= 11 is 0. The molecule has 0 spiro atoms. The van der Waals surface area contributed by atoms with Crippen molar-refractivity contribution in [3.8, 4) is 0 Å². The van der Waals surface area contributed by atoms with Crippen LogP contribution in [0.4, 0.5) is 5.69 Å². The summed E-state index contributed by atoms with van der Waals surface area (Å²) in [7, 11) is 1.69. The van der Waals surface area contributed by atoms with E-state index in [-0.39, 0.29) is 23.3 Å². The Morgan fingerprint density at radius 1 is 1.10 bits per heavy atom. The average Bonchev–Trinajstić information content (AvgIpc) is 2.47. The molecule has 6 heteroatoms. The van der Waals surface area contributed by atoms with Crippen LogP contribution in [0.25, 0.3) is 0 Å². The highest BCUT2D eigenvalue weighted by molar-refractivity contribution is 5.99. The van der Waals surface area contributed by atoms with Crippen LogP contribution in [0.15, 0.2) is 18.2 Å². The summed E-state index contributed by atoms with van der Waals surface area (Å²) in [6.45, 7) is 0. The van der Waals surface area contributed by atoms with Crippen LogP contribution in [0.1, 0.15) is 46.4 Å². The predicted octanol–water partition coefficient (Wildman–Crippen LogP) is 1.25. The number of carbonyl (C=O) groups is 2. The van der Waals surface area contributed by atoms with Gasteiger partial charge in [0.1, 0.15) is 0 Å². The summed E-state index contributed by atoms with van der Waals surface area (Å²) in [4.78, 5) is 22.7. The third-order valence-corrected chi connectivity index (χ3v) is 3.86. The van der Waals surface area contributed by atoms with Gasteiger partial charge >= 0.3 is 0 Å². The maximum Gasteiger partial charge on any atom is 0.248 e. The second kappa shape index (κ2) is 6.58. The van der Waals surface area contributed by atoms with Crippen LogP contribution < -0.4 is 16.8 Å². The molecule has 0 bridgehead atoms. The van der Waals surface area contributed by atoms with E-state index in [4.69, 9.17) is 16.2 Å². The quantitative estimate of drug-likeness (QED) is 0.758. The molecule has 2 amide bonds. The molecular weight excluding hydrogens is 270 g/mol. The zero-order chi connectivity index (χ0) is 15.4. The van der Waals surface area contributed by atoms with Crippen LogP contribution in [0.2, 0.25) is 0 Å². The molecule has 0 radical (unpaired) electrons. The van der Waals surface area contributed by atoms with Gasteiger partial charge in [0, 0.05) is 23.9 Å². The number of rotatable bonds is 5. The number of nitrogens with two attached hydrogens (primary N) is 2. The number of primary amides is 2. The number of ether oxygens (including phenoxy) is 1. The molecule has 2 rings (SSSR count). The van der Waals surface area contributed by atoms with Crippen LogP contribution in [0.5, 0.6) is 0 Å². The average molecular weight is 291 g/mol. The Morgan fingerprint density at radius 2 is 1.67 bits per heavy atom. The predicted molar refractivity (Wildman–Crippen MR) is 80.2 cm³/mol. The van der Waals surface area contributed by atoms with Crippen molar-refractivity contribution in [2.45, 2.75) is 37.8 Å². The molecular formula is C15H21N3O3. The highest BCUT2D eigenvalue weighted by Crippen LogP contribution is 2.25. The van der Waals surface area contributed by atoms with E-state index in [1.165, 1.54) is 6.07 Å². The van der Waals surface area contributed by atoms with E-state index >= 15 is 0 Å². The van der Waals surface area contributed by atoms with Crippen molar-refractivity contribution in [3.05, 3.63) is 29.3 Å². The number of amides is 2. The lowest BCUT2D eigenvalue weighted by atomic mass is 9.92. The van der Waals surface area contributed by atoms with Crippen LogP contribution >= 0.6 is 0 Å². The summed E-state index contributed by atoms with van der Waals surface area (Å²) < 4.78 is 5.49. The molecule has 114 valence electrons. The van der Waals surface area contributed by atoms with Gasteiger partial charge < -0.3 is 21.5 Å². The van der Waals surface area contributed by atoms with Crippen molar-refractivity contribution in [1.82, 2.24) is 0 Å². The minimum Gasteiger partial charge on any atom is -0.380 e. The van der Waals surface area contributed by atoms with Crippen molar-refractivity contribution in [1.29, 1.82) is 0 Å². The maximum atomic E-state index is 11.4. The molecule has 1 aromatic carbocycles. The van der Waals surface area contributed by atoms with Gasteiger partial charge in [0.2, 0.25) is 11.8 Å². The fourth-order valence-corrected chi connectivity index (χ4v) is 2.75. The third kappa shape index (κ3) is 3.72. The summed E-state index contributed by atoms with van der Waals surface area (Å²) in [6.07, 6.45) is 4.35. The topological polar surface area (TPSA) is 107 Å². The van der Waals surface area contributed by atoms with Gasteiger partial charge in [-0.15, -0.1) is 0 Å². The van der Waals surface area contributed by atoms with Gasteiger partial charge in [0.25, 0.3) is 0 Å². The van der Waals surface area contributed by atoms with Crippen LogP contribution in [-0.4, -0.2) is 31.1 Å². The lowest BCUT2D eigenvalue weighted by Gasteiger charge is -2.32. The van der Waals surface area contributed by atoms with Gasteiger partial charge in [-0.1, -0.05) is 12.8 Å². The van der Waals surface area contributed by atoms with E-state index in [2.05, 4.69) is 5.32 Å². The van der Waals surface area contributed by atoms with Gasteiger partial charge in [-0.2, -0.15) is 0 Å². The Labute approximate surface area is 123 Å². The minimum absolute atomic E-state index is 0.119. The van der Waals surface area contributed by atoms with E-state index in [1.54, 1.807) is 19.2 Å². The first-order valence-electron chi connectivity index (χ1n) is 7.05. The Hall–Kier alpha value is -2.08.